The molecular weight excluding hydrogens is 286 g/mol. The Bertz CT molecular complexity index is 690. The van der Waals surface area contributed by atoms with Gasteiger partial charge in [0.15, 0.2) is 18.0 Å². The summed E-state index contributed by atoms with van der Waals surface area (Å²) < 4.78 is 27.0. The maximum atomic E-state index is 12.8. The van der Waals surface area contributed by atoms with Gasteiger partial charge in [-0.1, -0.05) is 6.08 Å². The summed E-state index contributed by atoms with van der Waals surface area (Å²) in [6, 6.07) is 0.911. The zero-order valence-corrected chi connectivity index (χ0v) is 10.7. The SMILES string of the molecule is Nc1nccc2c1ncn2C1C=C(CO)C(OF)C1OF. The minimum Gasteiger partial charge on any atom is -0.392 e. The molecule has 2 aromatic heterocycles. The molecule has 3 N–H and O–H groups in total. The summed E-state index contributed by atoms with van der Waals surface area (Å²) in [6.07, 6.45) is 1.79. The largest absolute Gasteiger partial charge is 0.392 e. The predicted molar refractivity (Wildman–Crippen MR) is 68.1 cm³/mol. The molecule has 1 aliphatic rings. The summed E-state index contributed by atoms with van der Waals surface area (Å²) in [5.74, 6) is 0.228. The highest BCUT2D eigenvalue weighted by molar-refractivity contribution is 5.84. The van der Waals surface area contributed by atoms with Gasteiger partial charge in [-0.15, -0.1) is 0 Å². The predicted octanol–water partition coefficient (Wildman–Crippen LogP) is 1.03. The van der Waals surface area contributed by atoms with Gasteiger partial charge >= 0.3 is 0 Å². The topological polar surface area (TPSA) is 95.4 Å². The van der Waals surface area contributed by atoms with E-state index in [9.17, 15) is 14.2 Å². The third kappa shape index (κ3) is 2.06. The summed E-state index contributed by atoms with van der Waals surface area (Å²) in [6.45, 7) is -0.471. The fourth-order valence-electron chi connectivity index (χ4n) is 2.61. The zero-order chi connectivity index (χ0) is 15.0. The zero-order valence-electron chi connectivity index (χ0n) is 10.7. The minimum atomic E-state index is -1.32. The fourth-order valence-corrected chi connectivity index (χ4v) is 2.61. The molecule has 112 valence electrons. The Morgan fingerprint density at radius 3 is 2.81 bits per heavy atom. The summed E-state index contributed by atoms with van der Waals surface area (Å²) in [5.41, 5.74) is 6.93. The van der Waals surface area contributed by atoms with Crippen LogP contribution in [0.3, 0.4) is 0 Å². The maximum absolute atomic E-state index is 12.8. The van der Waals surface area contributed by atoms with Crippen molar-refractivity contribution in [2.24, 2.45) is 0 Å². The van der Waals surface area contributed by atoms with Crippen molar-refractivity contribution in [2.75, 3.05) is 12.3 Å². The Balaban J connectivity index is 2.09. The van der Waals surface area contributed by atoms with Crippen molar-refractivity contribution in [1.82, 2.24) is 14.5 Å². The van der Waals surface area contributed by atoms with Gasteiger partial charge in [0.05, 0.1) is 24.5 Å². The van der Waals surface area contributed by atoms with E-state index in [1.807, 2.05) is 0 Å². The van der Waals surface area contributed by atoms with Gasteiger partial charge in [0.25, 0.3) is 0 Å². The van der Waals surface area contributed by atoms with Crippen molar-refractivity contribution in [2.45, 2.75) is 18.2 Å². The number of nitrogens with two attached hydrogens (primary N) is 1. The molecule has 2 heterocycles. The molecule has 9 heteroatoms. The molecular formula is C12H12F2N4O3. The number of aromatic nitrogens is 3. The molecule has 0 aromatic carbocycles. The van der Waals surface area contributed by atoms with Gasteiger partial charge in [0.1, 0.15) is 5.52 Å². The van der Waals surface area contributed by atoms with Crippen LogP contribution >= 0.6 is 0 Å². The highest BCUT2D eigenvalue weighted by Crippen LogP contribution is 2.36. The van der Waals surface area contributed by atoms with E-state index in [1.54, 1.807) is 10.6 Å². The van der Waals surface area contributed by atoms with Crippen LogP contribution in [0.5, 0.6) is 0 Å². The highest BCUT2D eigenvalue weighted by atomic mass is 19.3. The van der Waals surface area contributed by atoms with E-state index in [4.69, 9.17) is 5.73 Å². The molecule has 0 aliphatic heterocycles. The molecule has 0 fully saturated rings. The number of rotatable bonds is 4. The minimum absolute atomic E-state index is 0.189. The first-order chi connectivity index (χ1) is 10.2. The van der Waals surface area contributed by atoms with E-state index in [2.05, 4.69) is 19.9 Å². The number of anilines is 1. The highest BCUT2D eigenvalue weighted by Gasteiger charge is 2.42. The van der Waals surface area contributed by atoms with Crippen LogP contribution in [0, 0.1) is 0 Å². The quantitative estimate of drug-likeness (QED) is 0.818. The second-order valence-corrected chi connectivity index (χ2v) is 4.67. The fraction of sp³-hybridized carbons (Fsp3) is 0.333. The molecule has 3 unspecified atom stereocenters. The molecule has 3 rings (SSSR count). The molecule has 21 heavy (non-hydrogen) atoms. The monoisotopic (exact) mass is 298 g/mol. The van der Waals surface area contributed by atoms with Crippen LogP contribution < -0.4 is 5.73 Å². The van der Waals surface area contributed by atoms with E-state index in [1.165, 1.54) is 18.6 Å². The van der Waals surface area contributed by atoms with Gasteiger partial charge in [-0.2, -0.15) is 9.88 Å². The van der Waals surface area contributed by atoms with Crippen molar-refractivity contribution in [3.05, 3.63) is 30.2 Å². The lowest BCUT2D eigenvalue weighted by Gasteiger charge is -2.20. The van der Waals surface area contributed by atoms with E-state index in [0.29, 0.717) is 11.0 Å². The second kappa shape index (κ2) is 5.35. The first kappa shape index (κ1) is 13.9. The average Bonchev–Trinajstić information content (AvgIpc) is 3.07. The van der Waals surface area contributed by atoms with E-state index >= 15 is 0 Å². The molecule has 0 amide bonds. The lowest BCUT2D eigenvalue weighted by atomic mass is 10.1. The van der Waals surface area contributed by atoms with Gasteiger partial charge in [-0.25, -0.2) is 9.97 Å². The molecule has 2 aromatic rings. The van der Waals surface area contributed by atoms with Crippen molar-refractivity contribution in [1.29, 1.82) is 0 Å². The van der Waals surface area contributed by atoms with Gasteiger partial charge in [0.2, 0.25) is 0 Å². The Morgan fingerprint density at radius 2 is 2.14 bits per heavy atom. The number of halogens is 2. The van der Waals surface area contributed by atoms with E-state index in [-0.39, 0.29) is 11.4 Å². The Hall–Kier alpha value is -2.10. The summed E-state index contributed by atoms with van der Waals surface area (Å²) >= 11 is 0. The molecule has 1 aliphatic carbocycles. The molecule has 0 saturated carbocycles. The van der Waals surface area contributed by atoms with Crippen LogP contribution in [0.1, 0.15) is 6.04 Å². The van der Waals surface area contributed by atoms with Crippen molar-refractivity contribution in [3.63, 3.8) is 0 Å². The lowest BCUT2D eigenvalue weighted by molar-refractivity contribution is -0.261. The number of pyridine rings is 1. The summed E-state index contributed by atoms with van der Waals surface area (Å²) in [4.78, 5) is 15.6. The average molecular weight is 298 g/mol. The van der Waals surface area contributed by atoms with Gasteiger partial charge < -0.3 is 15.4 Å². The molecule has 0 saturated heterocycles. The van der Waals surface area contributed by atoms with Crippen LogP contribution in [0.25, 0.3) is 11.0 Å². The van der Waals surface area contributed by atoms with Crippen LogP contribution in [0.2, 0.25) is 0 Å². The van der Waals surface area contributed by atoms with Crippen LogP contribution in [0.4, 0.5) is 14.9 Å². The van der Waals surface area contributed by atoms with Crippen LogP contribution in [0.15, 0.2) is 30.2 Å². The number of aliphatic hydroxyl groups excluding tert-OH is 1. The molecule has 0 radical (unpaired) electrons. The molecule has 0 bridgehead atoms. The second-order valence-electron chi connectivity index (χ2n) is 4.67. The van der Waals surface area contributed by atoms with Gasteiger partial charge in [0, 0.05) is 6.20 Å². The first-order valence-electron chi connectivity index (χ1n) is 6.14. The van der Waals surface area contributed by atoms with Crippen molar-refractivity contribution in [3.8, 4) is 0 Å². The van der Waals surface area contributed by atoms with E-state index < -0.39 is 24.9 Å². The number of nitrogen functional groups attached to an aromatic ring is 1. The first-order valence-corrected chi connectivity index (χ1v) is 6.14. The number of hydrogen-bond donors (Lipinski definition) is 2. The smallest absolute Gasteiger partial charge is 0.156 e. The van der Waals surface area contributed by atoms with Crippen molar-refractivity contribution < 1.29 is 24.0 Å². The van der Waals surface area contributed by atoms with Crippen LogP contribution in [-0.4, -0.2) is 38.5 Å². The third-order valence-electron chi connectivity index (χ3n) is 3.61. The Labute approximate surface area is 117 Å². The Morgan fingerprint density at radius 1 is 1.33 bits per heavy atom. The summed E-state index contributed by atoms with van der Waals surface area (Å²) in [7, 11) is 0. The lowest BCUT2D eigenvalue weighted by Crippen LogP contribution is -2.31. The number of imidazole rings is 1. The number of aliphatic hydroxyl groups is 1. The van der Waals surface area contributed by atoms with Gasteiger partial charge in [-0.05, 0) is 20.7 Å². The van der Waals surface area contributed by atoms with Gasteiger partial charge in [-0.3, -0.25) is 0 Å². The van der Waals surface area contributed by atoms with Crippen LogP contribution in [-0.2, 0) is 9.88 Å². The normalized spacial score (nSPS) is 25.5. The Kier molecular flexibility index (Phi) is 3.53. The molecule has 3 atom stereocenters. The van der Waals surface area contributed by atoms with E-state index in [0.717, 1.165) is 0 Å². The summed E-state index contributed by atoms with van der Waals surface area (Å²) in [5, 5.41) is 9.21. The standard InChI is InChI=1S/C12H12F2N4O3/c13-20-10-6(4-19)3-8(11(10)21-14)18-5-17-9-7(18)1-2-16-12(9)15/h1-3,5,8,10-11,19H,4H2,(H2,15,16). The third-order valence-corrected chi connectivity index (χ3v) is 3.61. The maximum Gasteiger partial charge on any atom is 0.156 e. The van der Waals surface area contributed by atoms with Crippen molar-refractivity contribution >= 4 is 16.9 Å². The molecule has 7 nitrogen and oxygen atoms in total. The molecule has 0 spiro atoms. The number of nitrogens with zero attached hydrogens (tertiary/aromatic N) is 3. The number of hydrogen-bond acceptors (Lipinski definition) is 6. The number of fused-ring (bicyclic) bond motifs is 1.